The largest absolute Gasteiger partial charge is 0.469 e. The van der Waals surface area contributed by atoms with Crippen LogP contribution in [0, 0.1) is 5.92 Å². The highest BCUT2D eigenvalue weighted by molar-refractivity contribution is 7.99. The Morgan fingerprint density at radius 1 is 1.32 bits per heavy atom. The van der Waals surface area contributed by atoms with E-state index in [2.05, 4.69) is 10.1 Å². The van der Waals surface area contributed by atoms with Gasteiger partial charge in [0, 0.05) is 23.6 Å². The van der Waals surface area contributed by atoms with Crippen molar-refractivity contribution in [2.75, 3.05) is 23.9 Å². The molecule has 1 rings (SSSR count). The SMILES string of the molecule is COC(=O)C(C)CSCCC(=O)Nc1ccccc1. The molecule has 0 fully saturated rings. The standard InChI is InChI=1S/C14H19NO3S/c1-11(14(17)18-2)10-19-9-8-13(16)15-12-6-4-3-5-7-12/h3-7,11H,8-10H2,1-2H3,(H,15,16). The molecule has 0 aliphatic heterocycles. The Hall–Kier alpha value is -1.49. The number of hydrogen-bond donors (Lipinski definition) is 1. The highest BCUT2D eigenvalue weighted by Crippen LogP contribution is 2.12. The van der Waals surface area contributed by atoms with Crippen molar-refractivity contribution in [2.45, 2.75) is 13.3 Å². The Labute approximate surface area is 117 Å². The number of rotatable bonds is 7. The van der Waals surface area contributed by atoms with Crippen LogP contribution in [-0.4, -0.2) is 30.5 Å². The number of thioether (sulfide) groups is 1. The fourth-order valence-electron chi connectivity index (χ4n) is 1.44. The summed E-state index contributed by atoms with van der Waals surface area (Å²) in [7, 11) is 1.39. The number of amides is 1. The quantitative estimate of drug-likeness (QED) is 0.616. The van der Waals surface area contributed by atoms with Crippen LogP contribution in [0.2, 0.25) is 0 Å². The number of para-hydroxylation sites is 1. The number of carbonyl (C=O) groups excluding carboxylic acids is 2. The second kappa shape index (κ2) is 8.58. The third-order valence-electron chi connectivity index (χ3n) is 2.50. The van der Waals surface area contributed by atoms with Gasteiger partial charge in [-0.15, -0.1) is 0 Å². The molecule has 1 N–H and O–H groups in total. The summed E-state index contributed by atoms with van der Waals surface area (Å²) in [5, 5.41) is 2.82. The highest BCUT2D eigenvalue weighted by Gasteiger charge is 2.12. The van der Waals surface area contributed by atoms with Crippen molar-refractivity contribution in [3.63, 3.8) is 0 Å². The Balaban J connectivity index is 2.16. The summed E-state index contributed by atoms with van der Waals surface area (Å²) in [5.41, 5.74) is 0.806. The number of anilines is 1. The van der Waals surface area contributed by atoms with Crippen molar-refractivity contribution in [3.8, 4) is 0 Å². The third kappa shape index (κ3) is 6.29. The minimum absolute atomic E-state index is 0.00980. The molecule has 0 aromatic heterocycles. The van der Waals surface area contributed by atoms with Gasteiger partial charge in [-0.2, -0.15) is 11.8 Å². The predicted octanol–water partition coefficient (Wildman–Crippen LogP) is 2.56. The Kier molecular flexibility index (Phi) is 7.03. The molecule has 5 heteroatoms. The third-order valence-corrected chi connectivity index (χ3v) is 3.73. The lowest BCUT2D eigenvalue weighted by atomic mass is 10.2. The van der Waals surface area contributed by atoms with Gasteiger partial charge in [-0.3, -0.25) is 9.59 Å². The number of ether oxygens (including phenoxy) is 1. The Morgan fingerprint density at radius 2 is 2.00 bits per heavy atom. The second-order valence-electron chi connectivity index (χ2n) is 4.16. The average Bonchev–Trinajstić information content (AvgIpc) is 2.43. The van der Waals surface area contributed by atoms with Gasteiger partial charge < -0.3 is 10.1 Å². The Bertz CT molecular complexity index is 408. The topological polar surface area (TPSA) is 55.4 Å². The molecule has 0 heterocycles. The first-order valence-corrected chi connectivity index (χ1v) is 7.29. The smallest absolute Gasteiger partial charge is 0.309 e. The van der Waals surface area contributed by atoms with Crippen molar-refractivity contribution in [1.82, 2.24) is 0 Å². The molecule has 0 saturated heterocycles. The molecule has 1 atom stereocenters. The predicted molar refractivity (Wildman–Crippen MR) is 78.2 cm³/mol. The summed E-state index contributed by atoms with van der Waals surface area (Å²) in [6.07, 6.45) is 0.438. The summed E-state index contributed by atoms with van der Waals surface area (Å²) in [4.78, 5) is 22.8. The zero-order valence-electron chi connectivity index (χ0n) is 11.2. The molecule has 1 unspecified atom stereocenters. The fourth-order valence-corrected chi connectivity index (χ4v) is 2.43. The number of methoxy groups -OCH3 is 1. The van der Waals surface area contributed by atoms with Crippen LogP contribution in [0.1, 0.15) is 13.3 Å². The number of esters is 1. The van der Waals surface area contributed by atoms with Crippen LogP contribution in [0.4, 0.5) is 5.69 Å². The van der Waals surface area contributed by atoms with E-state index in [4.69, 9.17) is 0 Å². The molecule has 0 aliphatic rings. The molecule has 19 heavy (non-hydrogen) atoms. The summed E-state index contributed by atoms with van der Waals surface area (Å²) in [5.74, 6) is 1.02. The molecule has 1 aromatic carbocycles. The molecule has 104 valence electrons. The average molecular weight is 281 g/mol. The van der Waals surface area contributed by atoms with Gasteiger partial charge in [0.05, 0.1) is 13.0 Å². The molecule has 0 bridgehead atoms. The van der Waals surface area contributed by atoms with E-state index >= 15 is 0 Å². The van der Waals surface area contributed by atoms with Crippen molar-refractivity contribution in [2.24, 2.45) is 5.92 Å². The van der Waals surface area contributed by atoms with Gasteiger partial charge in [0.2, 0.25) is 5.91 Å². The molecule has 0 aliphatic carbocycles. The van der Waals surface area contributed by atoms with Gasteiger partial charge in [0.1, 0.15) is 0 Å². The summed E-state index contributed by atoms with van der Waals surface area (Å²) in [6.45, 7) is 1.82. The molecule has 1 aromatic rings. The number of nitrogens with one attached hydrogen (secondary N) is 1. The zero-order valence-corrected chi connectivity index (χ0v) is 12.0. The van der Waals surface area contributed by atoms with Crippen LogP contribution in [0.5, 0.6) is 0 Å². The van der Waals surface area contributed by atoms with E-state index < -0.39 is 0 Å². The number of hydrogen-bond acceptors (Lipinski definition) is 4. The minimum Gasteiger partial charge on any atom is -0.469 e. The van der Waals surface area contributed by atoms with Crippen LogP contribution in [0.15, 0.2) is 30.3 Å². The Morgan fingerprint density at radius 3 is 2.63 bits per heavy atom. The maximum absolute atomic E-state index is 11.6. The van der Waals surface area contributed by atoms with E-state index in [1.54, 1.807) is 11.8 Å². The minimum atomic E-state index is -0.207. The van der Waals surface area contributed by atoms with Crippen molar-refractivity contribution < 1.29 is 14.3 Å². The van der Waals surface area contributed by atoms with Crippen LogP contribution >= 0.6 is 11.8 Å². The summed E-state index contributed by atoms with van der Waals surface area (Å²) >= 11 is 1.58. The molecule has 0 spiro atoms. The van der Waals surface area contributed by atoms with Gasteiger partial charge in [-0.25, -0.2) is 0 Å². The van der Waals surface area contributed by atoms with E-state index in [9.17, 15) is 9.59 Å². The molecular formula is C14H19NO3S. The lowest BCUT2D eigenvalue weighted by Crippen LogP contribution is -2.16. The van der Waals surface area contributed by atoms with Gasteiger partial charge >= 0.3 is 5.97 Å². The van der Waals surface area contributed by atoms with E-state index in [-0.39, 0.29) is 17.8 Å². The molecule has 4 nitrogen and oxygen atoms in total. The second-order valence-corrected chi connectivity index (χ2v) is 5.31. The van der Waals surface area contributed by atoms with Crippen molar-refractivity contribution in [1.29, 1.82) is 0 Å². The van der Waals surface area contributed by atoms with Gasteiger partial charge in [0.25, 0.3) is 0 Å². The lowest BCUT2D eigenvalue weighted by Gasteiger charge is -2.08. The van der Waals surface area contributed by atoms with Crippen molar-refractivity contribution in [3.05, 3.63) is 30.3 Å². The van der Waals surface area contributed by atoms with E-state index in [1.165, 1.54) is 7.11 Å². The first-order chi connectivity index (χ1) is 9.13. The van der Waals surface area contributed by atoms with Gasteiger partial charge in [-0.05, 0) is 12.1 Å². The highest BCUT2D eigenvalue weighted by atomic mass is 32.2. The summed E-state index contributed by atoms with van der Waals surface area (Å²) < 4.78 is 4.64. The van der Waals surface area contributed by atoms with Crippen LogP contribution in [0.25, 0.3) is 0 Å². The van der Waals surface area contributed by atoms with E-state index in [0.29, 0.717) is 17.9 Å². The summed E-state index contributed by atoms with van der Waals surface area (Å²) in [6, 6.07) is 9.36. The molecule has 1 amide bonds. The number of carbonyl (C=O) groups is 2. The van der Waals surface area contributed by atoms with Crippen LogP contribution in [-0.2, 0) is 14.3 Å². The maximum atomic E-state index is 11.6. The van der Waals surface area contributed by atoms with Gasteiger partial charge in [0.15, 0.2) is 0 Å². The molecule has 0 radical (unpaired) electrons. The first kappa shape index (κ1) is 15.6. The van der Waals surface area contributed by atoms with Crippen LogP contribution < -0.4 is 5.32 Å². The monoisotopic (exact) mass is 281 g/mol. The normalized spacial score (nSPS) is 11.7. The molecular weight excluding hydrogens is 262 g/mol. The van der Waals surface area contributed by atoms with E-state index in [1.807, 2.05) is 37.3 Å². The van der Waals surface area contributed by atoms with Crippen LogP contribution in [0.3, 0.4) is 0 Å². The zero-order chi connectivity index (χ0) is 14.1. The molecule has 0 saturated carbocycles. The lowest BCUT2D eigenvalue weighted by molar-refractivity contribution is -0.144. The first-order valence-electron chi connectivity index (χ1n) is 6.14. The van der Waals surface area contributed by atoms with Gasteiger partial charge in [-0.1, -0.05) is 25.1 Å². The van der Waals surface area contributed by atoms with Crippen molar-refractivity contribution >= 4 is 29.3 Å². The number of benzene rings is 1. The maximum Gasteiger partial charge on any atom is 0.309 e. The van der Waals surface area contributed by atoms with E-state index in [0.717, 1.165) is 5.69 Å². The fraction of sp³-hybridized carbons (Fsp3) is 0.429.